The van der Waals surface area contributed by atoms with Crippen molar-refractivity contribution < 1.29 is 0 Å². The van der Waals surface area contributed by atoms with Crippen molar-refractivity contribution in [2.45, 2.75) is 26.2 Å². The number of rotatable bonds is 4. The SMILES string of the molecule is Cc1ccc2[nH]c(=O)c(NCN3CCCCC3)c(-c3ccccc3)c2c1. The van der Waals surface area contributed by atoms with Gasteiger partial charge in [0, 0.05) is 16.5 Å². The molecule has 0 radical (unpaired) electrons. The Morgan fingerprint density at radius 2 is 1.81 bits per heavy atom. The van der Waals surface area contributed by atoms with Crippen LogP contribution >= 0.6 is 0 Å². The maximum atomic E-state index is 12.8. The summed E-state index contributed by atoms with van der Waals surface area (Å²) in [6, 6.07) is 16.4. The topological polar surface area (TPSA) is 48.1 Å². The maximum absolute atomic E-state index is 12.8. The van der Waals surface area contributed by atoms with Gasteiger partial charge in [0.25, 0.3) is 5.56 Å². The van der Waals surface area contributed by atoms with Crippen LogP contribution in [0.3, 0.4) is 0 Å². The lowest BCUT2D eigenvalue weighted by Gasteiger charge is -2.27. The highest BCUT2D eigenvalue weighted by Gasteiger charge is 2.16. The van der Waals surface area contributed by atoms with E-state index >= 15 is 0 Å². The fourth-order valence-corrected chi connectivity index (χ4v) is 3.79. The van der Waals surface area contributed by atoms with Crippen LogP contribution in [0.15, 0.2) is 53.3 Å². The van der Waals surface area contributed by atoms with Crippen molar-refractivity contribution in [3.63, 3.8) is 0 Å². The molecule has 4 rings (SSSR count). The molecule has 2 heterocycles. The number of benzene rings is 2. The van der Waals surface area contributed by atoms with Crippen LogP contribution in [-0.2, 0) is 0 Å². The second-order valence-electron chi connectivity index (χ2n) is 7.13. The Labute approximate surface area is 153 Å². The highest BCUT2D eigenvalue weighted by Crippen LogP contribution is 2.32. The van der Waals surface area contributed by atoms with E-state index in [1.807, 2.05) is 30.3 Å². The lowest BCUT2D eigenvalue weighted by Crippen LogP contribution is -2.35. The number of pyridine rings is 1. The van der Waals surface area contributed by atoms with Crippen molar-refractivity contribution in [1.29, 1.82) is 0 Å². The molecule has 1 fully saturated rings. The number of aromatic nitrogens is 1. The van der Waals surface area contributed by atoms with Crippen LogP contribution in [-0.4, -0.2) is 29.6 Å². The molecule has 1 aliphatic heterocycles. The molecule has 4 heteroatoms. The third kappa shape index (κ3) is 3.37. The first-order valence-electron chi connectivity index (χ1n) is 9.41. The molecule has 26 heavy (non-hydrogen) atoms. The Morgan fingerprint density at radius 3 is 2.58 bits per heavy atom. The Bertz CT molecular complexity index is 956. The van der Waals surface area contributed by atoms with Crippen molar-refractivity contribution in [1.82, 2.24) is 9.88 Å². The van der Waals surface area contributed by atoms with Gasteiger partial charge in [-0.25, -0.2) is 0 Å². The number of anilines is 1. The van der Waals surface area contributed by atoms with E-state index in [-0.39, 0.29) is 5.56 Å². The summed E-state index contributed by atoms with van der Waals surface area (Å²) in [5.74, 6) is 0. The highest BCUT2D eigenvalue weighted by atomic mass is 16.1. The highest BCUT2D eigenvalue weighted by molar-refractivity contribution is 6.00. The quantitative estimate of drug-likeness (QED) is 0.737. The van der Waals surface area contributed by atoms with Crippen LogP contribution in [0.4, 0.5) is 5.69 Å². The zero-order chi connectivity index (χ0) is 17.9. The normalized spacial score (nSPS) is 15.3. The molecule has 3 aromatic rings. The van der Waals surface area contributed by atoms with E-state index < -0.39 is 0 Å². The third-order valence-electron chi connectivity index (χ3n) is 5.16. The number of nitrogens with one attached hydrogen (secondary N) is 2. The minimum Gasteiger partial charge on any atom is -0.367 e. The maximum Gasteiger partial charge on any atom is 0.272 e. The molecular weight excluding hydrogens is 322 g/mol. The molecular formula is C22H25N3O. The molecule has 0 spiro atoms. The van der Waals surface area contributed by atoms with Gasteiger partial charge in [0.1, 0.15) is 5.69 Å². The van der Waals surface area contributed by atoms with Gasteiger partial charge in [0.15, 0.2) is 0 Å². The first kappa shape index (κ1) is 16.9. The van der Waals surface area contributed by atoms with Crippen molar-refractivity contribution >= 4 is 16.6 Å². The van der Waals surface area contributed by atoms with E-state index in [1.54, 1.807) is 0 Å². The van der Waals surface area contributed by atoms with Gasteiger partial charge in [0.05, 0.1) is 6.67 Å². The summed E-state index contributed by atoms with van der Waals surface area (Å²) in [6.45, 7) is 4.98. The number of aromatic amines is 1. The van der Waals surface area contributed by atoms with E-state index in [9.17, 15) is 4.79 Å². The van der Waals surface area contributed by atoms with E-state index in [2.05, 4.69) is 40.3 Å². The first-order valence-corrected chi connectivity index (χ1v) is 9.41. The molecule has 0 aliphatic carbocycles. The fraction of sp³-hybridized carbons (Fsp3) is 0.318. The number of piperidine rings is 1. The average Bonchev–Trinajstić information content (AvgIpc) is 2.68. The molecule has 0 atom stereocenters. The Hall–Kier alpha value is -2.59. The van der Waals surface area contributed by atoms with E-state index in [1.165, 1.54) is 24.8 Å². The molecule has 1 saturated heterocycles. The fourth-order valence-electron chi connectivity index (χ4n) is 3.79. The second-order valence-corrected chi connectivity index (χ2v) is 7.13. The van der Waals surface area contributed by atoms with Gasteiger partial charge >= 0.3 is 0 Å². The van der Waals surface area contributed by atoms with Crippen molar-refractivity contribution in [3.8, 4) is 11.1 Å². The van der Waals surface area contributed by atoms with Crippen LogP contribution in [0.5, 0.6) is 0 Å². The molecule has 0 saturated carbocycles. The van der Waals surface area contributed by atoms with Gasteiger partial charge in [-0.3, -0.25) is 9.69 Å². The van der Waals surface area contributed by atoms with Crippen LogP contribution in [0.2, 0.25) is 0 Å². The Balaban J connectivity index is 1.82. The monoisotopic (exact) mass is 347 g/mol. The van der Waals surface area contributed by atoms with Gasteiger partial charge < -0.3 is 10.3 Å². The summed E-state index contributed by atoms with van der Waals surface area (Å²) in [6.07, 6.45) is 3.78. The van der Waals surface area contributed by atoms with Crippen LogP contribution in [0, 0.1) is 6.92 Å². The number of likely N-dealkylation sites (tertiary alicyclic amines) is 1. The number of aryl methyl sites for hydroxylation is 1. The molecule has 2 N–H and O–H groups in total. The van der Waals surface area contributed by atoms with E-state index in [0.29, 0.717) is 12.4 Å². The van der Waals surface area contributed by atoms with Gasteiger partial charge in [-0.05, 0) is 50.6 Å². The molecule has 2 aromatic carbocycles. The summed E-state index contributed by atoms with van der Waals surface area (Å²) < 4.78 is 0. The Morgan fingerprint density at radius 1 is 1.04 bits per heavy atom. The van der Waals surface area contributed by atoms with E-state index in [4.69, 9.17) is 0 Å². The zero-order valence-electron chi connectivity index (χ0n) is 15.2. The lowest BCUT2D eigenvalue weighted by molar-refractivity contribution is 0.243. The summed E-state index contributed by atoms with van der Waals surface area (Å²) in [4.78, 5) is 18.3. The number of hydrogen-bond donors (Lipinski definition) is 2. The Kier molecular flexibility index (Phi) is 4.76. The molecule has 134 valence electrons. The second kappa shape index (κ2) is 7.34. The molecule has 0 bridgehead atoms. The van der Waals surface area contributed by atoms with Gasteiger partial charge in [-0.1, -0.05) is 48.4 Å². The summed E-state index contributed by atoms with van der Waals surface area (Å²) in [5.41, 5.74) is 4.73. The van der Waals surface area contributed by atoms with Crippen LogP contribution in [0.25, 0.3) is 22.0 Å². The summed E-state index contributed by atoms with van der Waals surface area (Å²) >= 11 is 0. The smallest absolute Gasteiger partial charge is 0.272 e. The molecule has 4 nitrogen and oxygen atoms in total. The minimum atomic E-state index is -0.0581. The first-order chi connectivity index (χ1) is 12.7. The summed E-state index contributed by atoms with van der Waals surface area (Å²) in [5, 5.41) is 4.52. The van der Waals surface area contributed by atoms with Gasteiger partial charge in [-0.15, -0.1) is 0 Å². The van der Waals surface area contributed by atoms with Crippen LogP contribution < -0.4 is 10.9 Å². The molecule has 0 unspecified atom stereocenters. The summed E-state index contributed by atoms with van der Waals surface area (Å²) in [7, 11) is 0. The number of fused-ring (bicyclic) bond motifs is 1. The standard InChI is InChI=1S/C22H25N3O/c1-16-10-11-19-18(14-16)20(17-8-4-2-5-9-17)21(22(26)24-19)23-15-25-12-6-3-7-13-25/h2,4-5,8-11,14,23H,3,6-7,12-13,15H2,1H3,(H,24,26). The molecule has 0 amide bonds. The van der Waals surface area contributed by atoms with Crippen molar-refractivity contribution in [2.75, 3.05) is 25.1 Å². The third-order valence-corrected chi connectivity index (χ3v) is 5.16. The van der Waals surface area contributed by atoms with Crippen molar-refractivity contribution in [2.24, 2.45) is 0 Å². The average molecular weight is 347 g/mol. The predicted octanol–water partition coefficient (Wildman–Crippen LogP) is 4.36. The number of hydrogen-bond acceptors (Lipinski definition) is 3. The largest absolute Gasteiger partial charge is 0.367 e. The minimum absolute atomic E-state index is 0.0581. The van der Waals surface area contributed by atoms with Crippen molar-refractivity contribution in [3.05, 3.63) is 64.4 Å². The molecule has 1 aliphatic rings. The zero-order valence-corrected chi connectivity index (χ0v) is 15.2. The van der Waals surface area contributed by atoms with Crippen LogP contribution in [0.1, 0.15) is 24.8 Å². The number of H-pyrrole nitrogens is 1. The van der Waals surface area contributed by atoms with Gasteiger partial charge in [0.2, 0.25) is 0 Å². The lowest BCUT2D eigenvalue weighted by atomic mass is 9.98. The predicted molar refractivity (Wildman–Crippen MR) is 109 cm³/mol. The molecule has 1 aromatic heterocycles. The van der Waals surface area contributed by atoms with Gasteiger partial charge in [-0.2, -0.15) is 0 Å². The van der Waals surface area contributed by atoms with E-state index in [0.717, 1.165) is 35.1 Å². The number of nitrogens with zero attached hydrogens (tertiary/aromatic N) is 1.